The summed E-state index contributed by atoms with van der Waals surface area (Å²) in [6.45, 7) is 1.68. The number of nitrogens with one attached hydrogen (secondary N) is 1. The van der Waals surface area contributed by atoms with Gasteiger partial charge in [-0.05, 0) is 25.2 Å². The first-order valence-electron chi connectivity index (χ1n) is 6.59. The summed E-state index contributed by atoms with van der Waals surface area (Å²) < 4.78 is 38.5. The molecule has 0 bridgehead atoms. The minimum absolute atomic E-state index is 0.142. The normalized spacial score (nSPS) is 20.4. The Morgan fingerprint density at radius 2 is 2.29 bits per heavy atom. The molecule has 0 aliphatic carbocycles. The molecule has 1 aliphatic heterocycles. The predicted octanol–water partition coefficient (Wildman–Crippen LogP) is 1.07. The van der Waals surface area contributed by atoms with Gasteiger partial charge in [-0.2, -0.15) is 4.31 Å². The lowest BCUT2D eigenvalue weighted by atomic mass is 10.3. The predicted molar refractivity (Wildman–Crippen MR) is 83.1 cm³/mol. The first-order chi connectivity index (χ1) is 9.98. The van der Waals surface area contributed by atoms with E-state index in [0.29, 0.717) is 36.5 Å². The highest BCUT2D eigenvalue weighted by atomic mass is 79.9. The van der Waals surface area contributed by atoms with Gasteiger partial charge in [0.15, 0.2) is 0 Å². The van der Waals surface area contributed by atoms with Crippen LogP contribution in [0.1, 0.15) is 0 Å². The Balaban J connectivity index is 2.31. The molecule has 0 spiro atoms. The van der Waals surface area contributed by atoms with Crippen molar-refractivity contribution in [2.45, 2.75) is 11.0 Å². The van der Waals surface area contributed by atoms with Gasteiger partial charge in [0.1, 0.15) is 10.6 Å². The third-order valence-corrected chi connectivity index (χ3v) is 5.66. The van der Waals surface area contributed by atoms with Crippen molar-refractivity contribution in [3.63, 3.8) is 0 Å². The van der Waals surface area contributed by atoms with E-state index in [1.54, 1.807) is 18.2 Å². The number of nitrogens with zero attached hydrogens (tertiary/aromatic N) is 1. The summed E-state index contributed by atoms with van der Waals surface area (Å²) in [7, 11) is -0.331. The molecule has 6 nitrogen and oxygen atoms in total. The number of rotatable bonds is 5. The topological polar surface area (TPSA) is 67.9 Å². The lowest BCUT2D eigenvalue weighted by Gasteiger charge is -2.32. The number of hydrogen-bond donors (Lipinski definition) is 1. The molecule has 2 rings (SSSR count). The summed E-state index contributed by atoms with van der Waals surface area (Å²) in [4.78, 5) is 0.171. The molecular formula is C13H19BrN2O4S. The van der Waals surface area contributed by atoms with Gasteiger partial charge in [-0.25, -0.2) is 8.42 Å². The van der Waals surface area contributed by atoms with Crippen LogP contribution in [0.2, 0.25) is 0 Å². The van der Waals surface area contributed by atoms with Crippen molar-refractivity contribution in [1.29, 1.82) is 0 Å². The van der Waals surface area contributed by atoms with Crippen LogP contribution in [0.4, 0.5) is 0 Å². The zero-order valence-corrected chi connectivity index (χ0v) is 14.4. The SMILES string of the molecule is CNCC1CN(S(=O)(=O)c2cc(Br)ccc2OC)CCO1. The highest BCUT2D eigenvalue weighted by molar-refractivity contribution is 9.10. The molecule has 1 heterocycles. The average molecular weight is 379 g/mol. The molecule has 0 aromatic heterocycles. The van der Waals surface area contributed by atoms with Crippen molar-refractivity contribution in [2.75, 3.05) is 40.4 Å². The molecule has 1 saturated heterocycles. The van der Waals surface area contributed by atoms with E-state index in [9.17, 15) is 8.42 Å². The lowest BCUT2D eigenvalue weighted by Crippen LogP contribution is -2.48. The standard InChI is InChI=1S/C13H19BrN2O4S/c1-15-8-11-9-16(5-6-20-11)21(17,18)13-7-10(14)3-4-12(13)19-2/h3-4,7,11,15H,5-6,8-9H2,1-2H3. The van der Waals surface area contributed by atoms with Crippen LogP contribution in [-0.2, 0) is 14.8 Å². The molecule has 21 heavy (non-hydrogen) atoms. The fraction of sp³-hybridized carbons (Fsp3) is 0.538. The maximum Gasteiger partial charge on any atom is 0.246 e. The monoisotopic (exact) mass is 378 g/mol. The van der Waals surface area contributed by atoms with Crippen LogP contribution in [0, 0.1) is 0 Å². The zero-order chi connectivity index (χ0) is 15.5. The number of ether oxygens (including phenoxy) is 2. The summed E-state index contributed by atoms with van der Waals surface area (Å²) in [5.41, 5.74) is 0. The minimum Gasteiger partial charge on any atom is -0.495 e. The summed E-state index contributed by atoms with van der Waals surface area (Å²) in [5.74, 6) is 0.342. The molecule has 0 saturated carbocycles. The number of sulfonamides is 1. The second-order valence-corrected chi connectivity index (χ2v) is 7.53. The summed E-state index contributed by atoms with van der Waals surface area (Å²) >= 11 is 3.31. The van der Waals surface area contributed by atoms with E-state index >= 15 is 0 Å². The average Bonchev–Trinajstić information content (AvgIpc) is 2.48. The second-order valence-electron chi connectivity index (χ2n) is 4.71. The van der Waals surface area contributed by atoms with E-state index in [2.05, 4.69) is 21.2 Å². The number of morpholine rings is 1. The molecule has 0 radical (unpaired) electrons. The van der Waals surface area contributed by atoms with E-state index in [4.69, 9.17) is 9.47 Å². The van der Waals surface area contributed by atoms with Crippen molar-refractivity contribution in [2.24, 2.45) is 0 Å². The summed E-state index contributed by atoms with van der Waals surface area (Å²) in [5, 5.41) is 3.00. The largest absolute Gasteiger partial charge is 0.495 e. The Kier molecular flexibility index (Phi) is 5.61. The van der Waals surface area contributed by atoms with Gasteiger partial charge in [0.2, 0.25) is 10.0 Å². The molecule has 1 N–H and O–H groups in total. The molecule has 1 unspecified atom stereocenters. The van der Waals surface area contributed by atoms with Crippen molar-refractivity contribution in [3.05, 3.63) is 22.7 Å². The van der Waals surface area contributed by atoms with Gasteiger partial charge in [-0.1, -0.05) is 15.9 Å². The Morgan fingerprint density at radius 1 is 1.52 bits per heavy atom. The number of methoxy groups -OCH3 is 1. The number of benzene rings is 1. The van der Waals surface area contributed by atoms with E-state index in [1.165, 1.54) is 11.4 Å². The van der Waals surface area contributed by atoms with Crippen LogP contribution in [0.15, 0.2) is 27.6 Å². The molecule has 0 amide bonds. The molecular weight excluding hydrogens is 360 g/mol. The molecule has 8 heteroatoms. The number of likely N-dealkylation sites (N-methyl/N-ethyl adjacent to an activating group) is 1. The zero-order valence-electron chi connectivity index (χ0n) is 12.0. The van der Waals surface area contributed by atoms with E-state index in [1.807, 2.05) is 7.05 Å². The van der Waals surface area contributed by atoms with Crippen LogP contribution < -0.4 is 10.1 Å². The third kappa shape index (κ3) is 3.75. The van der Waals surface area contributed by atoms with Crippen LogP contribution in [-0.4, -0.2) is 59.2 Å². The van der Waals surface area contributed by atoms with Crippen LogP contribution in [0.3, 0.4) is 0 Å². The minimum atomic E-state index is -3.61. The van der Waals surface area contributed by atoms with E-state index < -0.39 is 10.0 Å². The first-order valence-corrected chi connectivity index (χ1v) is 8.82. The molecule has 1 atom stereocenters. The highest BCUT2D eigenvalue weighted by Gasteiger charge is 2.32. The number of halogens is 1. The van der Waals surface area contributed by atoms with Gasteiger partial charge in [0.25, 0.3) is 0 Å². The molecule has 1 aromatic rings. The van der Waals surface area contributed by atoms with Crippen molar-refractivity contribution in [3.8, 4) is 5.75 Å². The first kappa shape index (κ1) is 16.7. The number of hydrogen-bond acceptors (Lipinski definition) is 5. The Bertz CT molecular complexity index is 592. The third-order valence-electron chi connectivity index (χ3n) is 3.28. The smallest absolute Gasteiger partial charge is 0.246 e. The Hall–Kier alpha value is -0.670. The second kappa shape index (κ2) is 7.06. The van der Waals surface area contributed by atoms with Crippen molar-refractivity contribution < 1.29 is 17.9 Å². The maximum absolute atomic E-state index is 12.8. The van der Waals surface area contributed by atoms with Gasteiger partial charge in [-0.3, -0.25) is 0 Å². The fourth-order valence-corrected chi connectivity index (χ4v) is 4.40. The Labute approximate surface area is 133 Å². The van der Waals surface area contributed by atoms with Gasteiger partial charge >= 0.3 is 0 Å². The quantitative estimate of drug-likeness (QED) is 0.829. The Morgan fingerprint density at radius 3 is 2.95 bits per heavy atom. The van der Waals surface area contributed by atoms with Crippen LogP contribution >= 0.6 is 15.9 Å². The summed E-state index contributed by atoms with van der Waals surface area (Å²) in [6.07, 6.45) is -0.142. The fourth-order valence-electron chi connectivity index (χ4n) is 2.25. The molecule has 1 fully saturated rings. The maximum atomic E-state index is 12.8. The lowest BCUT2D eigenvalue weighted by molar-refractivity contribution is 0.000787. The van der Waals surface area contributed by atoms with Crippen LogP contribution in [0.5, 0.6) is 5.75 Å². The summed E-state index contributed by atoms with van der Waals surface area (Å²) in [6, 6.07) is 4.96. The van der Waals surface area contributed by atoms with E-state index in [0.717, 1.165) is 0 Å². The van der Waals surface area contributed by atoms with Crippen molar-refractivity contribution >= 4 is 26.0 Å². The molecule has 118 valence electrons. The molecule has 1 aromatic carbocycles. The van der Waals surface area contributed by atoms with Gasteiger partial charge in [0, 0.05) is 24.1 Å². The van der Waals surface area contributed by atoms with Gasteiger partial charge in [-0.15, -0.1) is 0 Å². The van der Waals surface area contributed by atoms with Gasteiger partial charge < -0.3 is 14.8 Å². The highest BCUT2D eigenvalue weighted by Crippen LogP contribution is 2.30. The van der Waals surface area contributed by atoms with Crippen LogP contribution in [0.25, 0.3) is 0 Å². The van der Waals surface area contributed by atoms with E-state index in [-0.39, 0.29) is 11.0 Å². The van der Waals surface area contributed by atoms with Gasteiger partial charge in [0.05, 0.1) is 19.8 Å². The van der Waals surface area contributed by atoms with Crippen molar-refractivity contribution in [1.82, 2.24) is 9.62 Å². The molecule has 1 aliphatic rings.